The zero-order valence-electron chi connectivity index (χ0n) is 7.85. The number of hydrogen-bond acceptors (Lipinski definition) is 1. The highest BCUT2D eigenvalue weighted by molar-refractivity contribution is 5.03. The van der Waals surface area contributed by atoms with Crippen LogP contribution in [0.2, 0.25) is 0 Å². The fraction of sp³-hybridized carbons (Fsp3) is 0.600. The van der Waals surface area contributed by atoms with Gasteiger partial charge in [-0.05, 0) is 32.9 Å². The standard InChI is InChI=1S/C10H19N/c1-4-6-7-8-10(3)9-11-5-2/h6-7,9,11H,4-5,8H2,1-3H3/b7-6-,10-9-. The molecule has 0 saturated carbocycles. The molecule has 64 valence electrons. The Bertz CT molecular complexity index is 134. The van der Waals surface area contributed by atoms with Gasteiger partial charge in [0.15, 0.2) is 0 Å². The van der Waals surface area contributed by atoms with E-state index < -0.39 is 0 Å². The molecule has 0 amide bonds. The summed E-state index contributed by atoms with van der Waals surface area (Å²) in [6.07, 6.45) is 8.70. The van der Waals surface area contributed by atoms with E-state index in [0.717, 1.165) is 19.4 Å². The van der Waals surface area contributed by atoms with Crippen molar-refractivity contribution in [3.8, 4) is 0 Å². The smallest absolute Gasteiger partial charge is 0.0113 e. The summed E-state index contributed by atoms with van der Waals surface area (Å²) >= 11 is 0. The van der Waals surface area contributed by atoms with Gasteiger partial charge in [-0.2, -0.15) is 0 Å². The van der Waals surface area contributed by atoms with Gasteiger partial charge in [0, 0.05) is 6.54 Å². The Balaban J connectivity index is 3.50. The number of allylic oxidation sites excluding steroid dienone is 3. The number of rotatable bonds is 5. The van der Waals surface area contributed by atoms with E-state index in [-0.39, 0.29) is 0 Å². The predicted molar refractivity (Wildman–Crippen MR) is 51.5 cm³/mol. The summed E-state index contributed by atoms with van der Waals surface area (Å²) in [5.74, 6) is 0. The third-order valence-corrected chi connectivity index (χ3v) is 1.39. The molecule has 0 aliphatic carbocycles. The normalized spacial score (nSPS) is 12.5. The van der Waals surface area contributed by atoms with E-state index in [1.165, 1.54) is 5.57 Å². The van der Waals surface area contributed by atoms with Crippen molar-refractivity contribution in [2.45, 2.75) is 33.6 Å². The average molecular weight is 153 g/mol. The van der Waals surface area contributed by atoms with E-state index >= 15 is 0 Å². The first kappa shape index (κ1) is 10.3. The molecular formula is C10H19N. The van der Waals surface area contributed by atoms with Crippen molar-refractivity contribution in [2.75, 3.05) is 6.54 Å². The van der Waals surface area contributed by atoms with Crippen LogP contribution < -0.4 is 5.32 Å². The molecule has 11 heavy (non-hydrogen) atoms. The zero-order valence-corrected chi connectivity index (χ0v) is 7.85. The summed E-state index contributed by atoms with van der Waals surface area (Å²) in [5, 5.41) is 3.18. The van der Waals surface area contributed by atoms with Crippen molar-refractivity contribution >= 4 is 0 Å². The topological polar surface area (TPSA) is 12.0 Å². The lowest BCUT2D eigenvalue weighted by atomic mass is 10.2. The lowest BCUT2D eigenvalue weighted by Gasteiger charge is -1.96. The van der Waals surface area contributed by atoms with Gasteiger partial charge in [0.1, 0.15) is 0 Å². The summed E-state index contributed by atoms with van der Waals surface area (Å²) in [6.45, 7) is 7.41. The summed E-state index contributed by atoms with van der Waals surface area (Å²) in [4.78, 5) is 0. The Morgan fingerprint density at radius 2 is 2.00 bits per heavy atom. The molecule has 0 atom stereocenters. The fourth-order valence-electron chi connectivity index (χ4n) is 0.771. The largest absolute Gasteiger partial charge is 0.391 e. The van der Waals surface area contributed by atoms with Gasteiger partial charge in [0.2, 0.25) is 0 Å². The maximum absolute atomic E-state index is 3.18. The minimum absolute atomic E-state index is 1.01. The monoisotopic (exact) mass is 153 g/mol. The van der Waals surface area contributed by atoms with Crippen molar-refractivity contribution in [1.29, 1.82) is 0 Å². The SMILES string of the molecule is CC/C=C\C/C(C)=C\NCC. The summed E-state index contributed by atoms with van der Waals surface area (Å²) in [5.41, 5.74) is 1.39. The molecule has 0 radical (unpaired) electrons. The Kier molecular flexibility index (Phi) is 6.90. The van der Waals surface area contributed by atoms with Crippen LogP contribution in [0.15, 0.2) is 23.9 Å². The quantitative estimate of drug-likeness (QED) is 0.599. The van der Waals surface area contributed by atoms with Crippen LogP contribution >= 0.6 is 0 Å². The zero-order chi connectivity index (χ0) is 8.53. The lowest BCUT2D eigenvalue weighted by Crippen LogP contribution is -2.02. The summed E-state index contributed by atoms with van der Waals surface area (Å²) < 4.78 is 0. The van der Waals surface area contributed by atoms with E-state index in [1.807, 2.05) is 0 Å². The molecule has 0 fully saturated rings. The van der Waals surface area contributed by atoms with Gasteiger partial charge in [-0.25, -0.2) is 0 Å². The third kappa shape index (κ3) is 7.17. The predicted octanol–water partition coefficient (Wildman–Crippen LogP) is 2.86. The van der Waals surface area contributed by atoms with Crippen molar-refractivity contribution in [3.05, 3.63) is 23.9 Å². The van der Waals surface area contributed by atoms with Crippen LogP contribution in [0.4, 0.5) is 0 Å². The Labute approximate surface area is 70.2 Å². The fourth-order valence-corrected chi connectivity index (χ4v) is 0.771. The van der Waals surface area contributed by atoms with Crippen molar-refractivity contribution in [2.24, 2.45) is 0 Å². The second-order valence-corrected chi connectivity index (χ2v) is 2.63. The van der Waals surface area contributed by atoms with Gasteiger partial charge in [0.05, 0.1) is 0 Å². The van der Waals surface area contributed by atoms with E-state index in [2.05, 4.69) is 44.4 Å². The van der Waals surface area contributed by atoms with Crippen molar-refractivity contribution in [1.82, 2.24) is 5.32 Å². The molecule has 0 unspecified atom stereocenters. The van der Waals surface area contributed by atoms with Gasteiger partial charge in [-0.15, -0.1) is 0 Å². The maximum atomic E-state index is 3.18. The van der Waals surface area contributed by atoms with Crippen molar-refractivity contribution in [3.63, 3.8) is 0 Å². The molecule has 0 aliphatic rings. The first-order valence-corrected chi connectivity index (χ1v) is 4.35. The second-order valence-electron chi connectivity index (χ2n) is 2.63. The molecule has 0 aromatic carbocycles. The molecule has 1 heteroatoms. The lowest BCUT2D eigenvalue weighted by molar-refractivity contribution is 0.900. The van der Waals surface area contributed by atoms with Crippen LogP contribution in [-0.2, 0) is 0 Å². The minimum atomic E-state index is 1.01. The highest BCUT2D eigenvalue weighted by atomic mass is 14.8. The van der Waals surface area contributed by atoms with E-state index in [9.17, 15) is 0 Å². The number of hydrogen-bond donors (Lipinski definition) is 1. The van der Waals surface area contributed by atoms with Crippen molar-refractivity contribution < 1.29 is 0 Å². The Morgan fingerprint density at radius 1 is 1.27 bits per heavy atom. The van der Waals surface area contributed by atoms with E-state index in [4.69, 9.17) is 0 Å². The third-order valence-electron chi connectivity index (χ3n) is 1.39. The Morgan fingerprint density at radius 3 is 2.55 bits per heavy atom. The van der Waals surface area contributed by atoms with Crippen LogP contribution in [-0.4, -0.2) is 6.54 Å². The molecule has 0 heterocycles. The molecule has 0 saturated heterocycles. The van der Waals surface area contributed by atoms with Gasteiger partial charge < -0.3 is 5.32 Å². The van der Waals surface area contributed by atoms with Gasteiger partial charge >= 0.3 is 0 Å². The molecule has 0 aromatic rings. The average Bonchev–Trinajstić information content (AvgIpc) is 2.01. The maximum Gasteiger partial charge on any atom is 0.0113 e. The first-order valence-electron chi connectivity index (χ1n) is 4.35. The van der Waals surface area contributed by atoms with Crippen LogP contribution in [0.1, 0.15) is 33.6 Å². The molecule has 1 nitrogen and oxygen atoms in total. The molecule has 0 rings (SSSR count). The van der Waals surface area contributed by atoms with Gasteiger partial charge in [-0.1, -0.05) is 24.6 Å². The molecule has 1 N–H and O–H groups in total. The van der Waals surface area contributed by atoms with Gasteiger partial charge in [-0.3, -0.25) is 0 Å². The van der Waals surface area contributed by atoms with E-state index in [1.54, 1.807) is 0 Å². The van der Waals surface area contributed by atoms with Crippen LogP contribution in [0.25, 0.3) is 0 Å². The van der Waals surface area contributed by atoms with Crippen LogP contribution in [0.3, 0.4) is 0 Å². The van der Waals surface area contributed by atoms with Crippen LogP contribution in [0, 0.1) is 0 Å². The number of nitrogens with one attached hydrogen (secondary N) is 1. The Hall–Kier alpha value is -0.720. The minimum Gasteiger partial charge on any atom is -0.391 e. The second kappa shape index (κ2) is 7.39. The summed E-state index contributed by atoms with van der Waals surface area (Å²) in [6, 6.07) is 0. The molecular weight excluding hydrogens is 134 g/mol. The molecule has 0 aliphatic heterocycles. The highest BCUT2D eigenvalue weighted by Gasteiger charge is 1.82. The summed E-state index contributed by atoms with van der Waals surface area (Å²) in [7, 11) is 0. The van der Waals surface area contributed by atoms with E-state index in [0.29, 0.717) is 0 Å². The first-order chi connectivity index (χ1) is 5.31. The van der Waals surface area contributed by atoms with Gasteiger partial charge in [0.25, 0.3) is 0 Å². The highest BCUT2D eigenvalue weighted by Crippen LogP contribution is 1.99. The van der Waals surface area contributed by atoms with Crippen LogP contribution in [0.5, 0.6) is 0 Å². The molecule has 0 spiro atoms. The molecule has 0 bridgehead atoms. The molecule has 0 aromatic heterocycles.